The Labute approximate surface area is 181 Å². The molecule has 1 aromatic carbocycles. The van der Waals surface area contributed by atoms with Crippen LogP contribution in [0.15, 0.2) is 45.6 Å². The highest BCUT2D eigenvalue weighted by molar-refractivity contribution is 7.19. The number of carbonyl (C=O) groups excluding carboxylic acids is 1. The lowest BCUT2D eigenvalue weighted by molar-refractivity contribution is 0.0563. The van der Waals surface area contributed by atoms with Gasteiger partial charge in [-0.05, 0) is 36.8 Å². The summed E-state index contributed by atoms with van der Waals surface area (Å²) in [4.78, 5) is 31.7. The molecule has 0 bridgehead atoms. The van der Waals surface area contributed by atoms with E-state index in [0.717, 1.165) is 16.0 Å². The van der Waals surface area contributed by atoms with Gasteiger partial charge in [0.25, 0.3) is 5.56 Å². The van der Waals surface area contributed by atoms with E-state index in [2.05, 4.69) is 4.74 Å². The van der Waals surface area contributed by atoms with Gasteiger partial charge in [-0.3, -0.25) is 9.36 Å². The Balaban J connectivity index is 1.90. The van der Waals surface area contributed by atoms with Crippen molar-refractivity contribution < 1.29 is 18.3 Å². The van der Waals surface area contributed by atoms with Crippen LogP contribution in [0.25, 0.3) is 21.3 Å². The van der Waals surface area contributed by atoms with Gasteiger partial charge in [-0.25, -0.2) is 14.2 Å². The number of hydrogen-bond donors (Lipinski definition) is 0. The number of halogens is 1. The van der Waals surface area contributed by atoms with Crippen molar-refractivity contribution >= 4 is 27.5 Å². The van der Waals surface area contributed by atoms with E-state index in [4.69, 9.17) is 9.40 Å². The molecule has 0 aliphatic heterocycles. The molecule has 0 aliphatic rings. The highest BCUT2D eigenvalue weighted by Gasteiger charge is 2.22. The molecule has 6 nitrogen and oxygen atoms in total. The van der Waals surface area contributed by atoms with Crippen molar-refractivity contribution in [2.24, 2.45) is 0 Å². The molecule has 0 saturated heterocycles. The second kappa shape index (κ2) is 8.11. The van der Waals surface area contributed by atoms with E-state index in [1.807, 2.05) is 20.8 Å². The van der Waals surface area contributed by atoms with E-state index >= 15 is 0 Å². The zero-order valence-electron chi connectivity index (χ0n) is 17.6. The number of ether oxygens (including phenoxy) is 1. The van der Waals surface area contributed by atoms with E-state index in [0.29, 0.717) is 21.8 Å². The van der Waals surface area contributed by atoms with Crippen LogP contribution in [0.2, 0.25) is 0 Å². The number of hydrogen-bond acceptors (Lipinski definition) is 6. The second-order valence-electron chi connectivity index (χ2n) is 7.49. The summed E-state index contributed by atoms with van der Waals surface area (Å²) in [5, 5.41) is 0.498. The lowest BCUT2D eigenvalue weighted by atomic mass is 10.0. The first-order valence-corrected chi connectivity index (χ1v) is 10.6. The third-order valence-electron chi connectivity index (χ3n) is 5.03. The topological polar surface area (TPSA) is 74.3 Å². The summed E-state index contributed by atoms with van der Waals surface area (Å²) in [6, 6.07) is 9.25. The largest absolute Gasteiger partial charge is 0.463 e. The summed E-state index contributed by atoms with van der Waals surface area (Å²) in [6.07, 6.45) is 0. The molecule has 0 radical (unpaired) electrons. The lowest BCUT2D eigenvalue weighted by Crippen LogP contribution is -2.26. The first-order valence-electron chi connectivity index (χ1n) is 9.77. The van der Waals surface area contributed by atoms with Gasteiger partial charge >= 0.3 is 5.97 Å². The minimum atomic E-state index is -0.580. The van der Waals surface area contributed by atoms with Crippen molar-refractivity contribution in [1.82, 2.24) is 9.55 Å². The lowest BCUT2D eigenvalue weighted by Gasteiger charge is -2.14. The monoisotopic (exact) mass is 440 g/mol. The normalized spacial score (nSPS) is 11.4. The fourth-order valence-electron chi connectivity index (χ4n) is 3.60. The SMILES string of the molecule is COC(=O)c1ccc(Cn2c(C(C)C)nc3sc(C)c(-c4ccc(F)cc4)c3c2=O)o1. The zero-order valence-corrected chi connectivity index (χ0v) is 18.4. The highest BCUT2D eigenvalue weighted by Crippen LogP contribution is 2.36. The Morgan fingerprint density at radius 2 is 1.94 bits per heavy atom. The molecule has 0 amide bonds. The molecule has 0 spiro atoms. The fraction of sp³-hybridized carbons (Fsp3) is 0.261. The molecular weight excluding hydrogens is 419 g/mol. The summed E-state index contributed by atoms with van der Waals surface area (Å²) in [5.74, 6) is 0.218. The van der Waals surface area contributed by atoms with Crippen molar-refractivity contribution in [2.45, 2.75) is 33.2 Å². The predicted octanol–water partition coefficient (Wildman–Crippen LogP) is 5.12. The van der Waals surface area contributed by atoms with Gasteiger partial charge in [0.05, 0.1) is 19.0 Å². The molecule has 0 atom stereocenters. The number of benzene rings is 1. The third kappa shape index (κ3) is 3.79. The average molecular weight is 440 g/mol. The molecular formula is C23H21FN2O4S. The Kier molecular flexibility index (Phi) is 5.49. The molecule has 8 heteroatoms. The molecule has 0 N–H and O–H groups in total. The van der Waals surface area contributed by atoms with E-state index < -0.39 is 5.97 Å². The molecule has 0 saturated carbocycles. The average Bonchev–Trinajstić information content (AvgIpc) is 3.34. The van der Waals surface area contributed by atoms with E-state index in [-0.39, 0.29) is 29.6 Å². The maximum atomic E-state index is 13.7. The Morgan fingerprint density at radius 1 is 1.23 bits per heavy atom. The third-order valence-corrected chi connectivity index (χ3v) is 6.03. The number of methoxy groups -OCH3 is 1. The van der Waals surface area contributed by atoms with Gasteiger partial charge in [-0.1, -0.05) is 26.0 Å². The van der Waals surface area contributed by atoms with Crippen LogP contribution in [-0.2, 0) is 11.3 Å². The van der Waals surface area contributed by atoms with Crippen LogP contribution in [-0.4, -0.2) is 22.6 Å². The van der Waals surface area contributed by atoms with E-state index in [9.17, 15) is 14.0 Å². The van der Waals surface area contributed by atoms with Crippen LogP contribution in [0, 0.1) is 12.7 Å². The van der Waals surface area contributed by atoms with Crippen LogP contribution < -0.4 is 5.56 Å². The highest BCUT2D eigenvalue weighted by atomic mass is 32.1. The minimum absolute atomic E-state index is 0.0104. The predicted molar refractivity (Wildman–Crippen MR) is 117 cm³/mol. The van der Waals surface area contributed by atoms with Crippen molar-refractivity contribution in [2.75, 3.05) is 7.11 Å². The molecule has 3 aromatic heterocycles. The number of aromatic nitrogens is 2. The number of esters is 1. The van der Waals surface area contributed by atoms with Crippen LogP contribution in [0.4, 0.5) is 4.39 Å². The number of fused-ring (bicyclic) bond motifs is 1. The van der Waals surface area contributed by atoms with Gasteiger partial charge in [0, 0.05) is 16.4 Å². The molecule has 0 fully saturated rings. The van der Waals surface area contributed by atoms with Crippen LogP contribution in [0.1, 0.15) is 46.8 Å². The van der Waals surface area contributed by atoms with Crippen molar-refractivity contribution in [1.29, 1.82) is 0 Å². The molecule has 31 heavy (non-hydrogen) atoms. The van der Waals surface area contributed by atoms with Crippen LogP contribution in [0.5, 0.6) is 0 Å². The number of aryl methyl sites for hydroxylation is 1. The van der Waals surface area contributed by atoms with Crippen molar-refractivity contribution in [3.63, 3.8) is 0 Å². The fourth-order valence-corrected chi connectivity index (χ4v) is 4.64. The van der Waals surface area contributed by atoms with Gasteiger partial charge in [0.2, 0.25) is 5.76 Å². The minimum Gasteiger partial charge on any atom is -0.463 e. The van der Waals surface area contributed by atoms with Crippen molar-refractivity contribution in [3.8, 4) is 11.1 Å². The van der Waals surface area contributed by atoms with Gasteiger partial charge in [-0.2, -0.15) is 0 Å². The van der Waals surface area contributed by atoms with Crippen molar-refractivity contribution in [3.05, 3.63) is 74.8 Å². The Morgan fingerprint density at radius 3 is 2.58 bits per heavy atom. The first kappa shape index (κ1) is 21.0. The molecule has 160 valence electrons. The molecule has 0 aliphatic carbocycles. The van der Waals surface area contributed by atoms with Crippen LogP contribution in [0.3, 0.4) is 0 Å². The first-order chi connectivity index (χ1) is 14.8. The van der Waals surface area contributed by atoms with Crippen LogP contribution >= 0.6 is 11.3 Å². The number of furan rings is 1. The molecule has 3 heterocycles. The molecule has 4 rings (SSSR count). The number of rotatable bonds is 5. The molecule has 4 aromatic rings. The molecule has 0 unspecified atom stereocenters. The number of nitrogens with zero attached hydrogens (tertiary/aromatic N) is 2. The van der Waals surface area contributed by atoms with E-state index in [1.165, 1.54) is 36.6 Å². The maximum absolute atomic E-state index is 13.7. The second-order valence-corrected chi connectivity index (χ2v) is 8.70. The summed E-state index contributed by atoms with van der Waals surface area (Å²) in [7, 11) is 1.28. The Bertz CT molecular complexity index is 1330. The summed E-state index contributed by atoms with van der Waals surface area (Å²) < 4.78 is 25.3. The summed E-state index contributed by atoms with van der Waals surface area (Å²) in [6.45, 7) is 5.99. The number of carbonyl (C=O) groups is 1. The van der Waals surface area contributed by atoms with Gasteiger partial charge in [-0.15, -0.1) is 11.3 Å². The van der Waals surface area contributed by atoms with Gasteiger partial charge in [0.1, 0.15) is 22.2 Å². The maximum Gasteiger partial charge on any atom is 0.373 e. The smallest absolute Gasteiger partial charge is 0.373 e. The Hall–Kier alpha value is -3.26. The summed E-state index contributed by atoms with van der Waals surface area (Å²) in [5.41, 5.74) is 1.32. The zero-order chi connectivity index (χ0) is 22.3. The summed E-state index contributed by atoms with van der Waals surface area (Å²) >= 11 is 1.45. The van der Waals surface area contributed by atoms with Gasteiger partial charge < -0.3 is 9.15 Å². The number of thiophene rings is 1. The standard InChI is InChI=1S/C23H21FN2O4S/c1-12(2)20-25-21-19(18(13(3)31-21)14-5-7-15(24)8-6-14)22(27)26(20)11-16-9-10-17(30-16)23(28)29-4/h5-10,12H,11H2,1-4H3. The quantitative estimate of drug-likeness (QED) is 0.403. The van der Waals surface area contributed by atoms with E-state index in [1.54, 1.807) is 22.8 Å². The van der Waals surface area contributed by atoms with Gasteiger partial charge in [0.15, 0.2) is 0 Å².